The van der Waals surface area contributed by atoms with E-state index in [1.54, 1.807) is 12.4 Å². The molecule has 84 valence electrons. The first kappa shape index (κ1) is 9.84. The molecule has 0 saturated heterocycles. The summed E-state index contributed by atoms with van der Waals surface area (Å²) in [5, 5.41) is 0. The van der Waals surface area contributed by atoms with Crippen LogP contribution in [0.25, 0.3) is 17.0 Å². The Bertz CT molecular complexity index is 725. The molecule has 0 aliphatic carbocycles. The van der Waals surface area contributed by atoms with Gasteiger partial charge in [-0.15, -0.1) is 0 Å². The standard InChI is InChI=1S/C13H11N3O/c1-9-11(10-5-3-2-4-6-10)15-13-14-7-8-16(13)12(9)17/h2-8H,1H3,(H,14,15). The minimum absolute atomic E-state index is 0.0323. The van der Waals surface area contributed by atoms with Crippen LogP contribution in [0.5, 0.6) is 0 Å². The van der Waals surface area contributed by atoms with Crippen LogP contribution in [0, 0.1) is 6.92 Å². The Kier molecular flexibility index (Phi) is 2.08. The second-order valence-corrected chi connectivity index (χ2v) is 3.92. The molecule has 3 aromatic rings. The van der Waals surface area contributed by atoms with Crippen LogP contribution < -0.4 is 5.56 Å². The Balaban J connectivity index is 2.38. The minimum atomic E-state index is -0.0323. The van der Waals surface area contributed by atoms with Crippen molar-refractivity contribution in [3.8, 4) is 11.3 Å². The number of aromatic nitrogens is 3. The van der Waals surface area contributed by atoms with E-state index in [0.29, 0.717) is 11.3 Å². The number of rotatable bonds is 1. The van der Waals surface area contributed by atoms with Crippen molar-refractivity contribution in [1.82, 2.24) is 14.4 Å². The third-order valence-corrected chi connectivity index (χ3v) is 2.85. The molecule has 0 atom stereocenters. The molecule has 0 amide bonds. The molecule has 0 spiro atoms. The average molecular weight is 225 g/mol. The van der Waals surface area contributed by atoms with E-state index in [2.05, 4.69) is 9.97 Å². The van der Waals surface area contributed by atoms with Gasteiger partial charge in [-0.1, -0.05) is 30.3 Å². The summed E-state index contributed by atoms with van der Waals surface area (Å²) in [6.45, 7) is 1.82. The van der Waals surface area contributed by atoms with E-state index < -0.39 is 0 Å². The number of imidazole rings is 1. The molecule has 1 N–H and O–H groups in total. The van der Waals surface area contributed by atoms with Crippen molar-refractivity contribution in [2.45, 2.75) is 6.92 Å². The van der Waals surface area contributed by atoms with Gasteiger partial charge in [-0.2, -0.15) is 0 Å². The summed E-state index contributed by atoms with van der Waals surface area (Å²) in [5.74, 6) is 0.569. The quantitative estimate of drug-likeness (QED) is 0.688. The summed E-state index contributed by atoms with van der Waals surface area (Å²) >= 11 is 0. The number of hydrogen-bond acceptors (Lipinski definition) is 2. The highest BCUT2D eigenvalue weighted by Crippen LogP contribution is 2.18. The number of aromatic amines is 1. The van der Waals surface area contributed by atoms with Gasteiger partial charge in [0.1, 0.15) is 0 Å². The van der Waals surface area contributed by atoms with E-state index in [1.165, 1.54) is 4.40 Å². The van der Waals surface area contributed by atoms with E-state index >= 15 is 0 Å². The number of fused-ring (bicyclic) bond motifs is 1. The summed E-state index contributed by atoms with van der Waals surface area (Å²) in [7, 11) is 0. The molecule has 0 saturated carbocycles. The topological polar surface area (TPSA) is 50.2 Å². The van der Waals surface area contributed by atoms with Gasteiger partial charge in [0.25, 0.3) is 5.56 Å². The highest BCUT2D eigenvalue weighted by molar-refractivity contribution is 5.64. The molecule has 0 radical (unpaired) electrons. The van der Waals surface area contributed by atoms with Gasteiger partial charge in [-0.3, -0.25) is 9.20 Å². The van der Waals surface area contributed by atoms with Crippen LogP contribution in [0.1, 0.15) is 5.56 Å². The zero-order valence-corrected chi connectivity index (χ0v) is 9.34. The second-order valence-electron chi connectivity index (χ2n) is 3.92. The van der Waals surface area contributed by atoms with Gasteiger partial charge in [-0.25, -0.2) is 4.98 Å². The molecular weight excluding hydrogens is 214 g/mol. The molecule has 2 heterocycles. The first-order valence-electron chi connectivity index (χ1n) is 5.39. The molecule has 4 heteroatoms. The van der Waals surface area contributed by atoms with Crippen LogP contribution in [0.2, 0.25) is 0 Å². The van der Waals surface area contributed by atoms with E-state index in [0.717, 1.165) is 11.3 Å². The van der Waals surface area contributed by atoms with E-state index in [1.807, 2.05) is 37.3 Å². The van der Waals surface area contributed by atoms with E-state index in [-0.39, 0.29) is 5.56 Å². The van der Waals surface area contributed by atoms with Crippen molar-refractivity contribution < 1.29 is 0 Å². The third kappa shape index (κ3) is 1.45. The smallest absolute Gasteiger partial charge is 0.262 e. The predicted molar refractivity (Wildman–Crippen MR) is 66.0 cm³/mol. The zero-order chi connectivity index (χ0) is 11.8. The summed E-state index contributed by atoms with van der Waals surface area (Å²) < 4.78 is 1.52. The average Bonchev–Trinajstić information content (AvgIpc) is 2.83. The maximum Gasteiger partial charge on any atom is 0.262 e. The van der Waals surface area contributed by atoms with Crippen molar-refractivity contribution in [1.29, 1.82) is 0 Å². The van der Waals surface area contributed by atoms with Crippen LogP contribution in [-0.4, -0.2) is 14.4 Å². The molecule has 0 aliphatic rings. The monoisotopic (exact) mass is 225 g/mol. The van der Waals surface area contributed by atoms with Gasteiger partial charge in [0.15, 0.2) is 0 Å². The Labute approximate surface area is 97.6 Å². The van der Waals surface area contributed by atoms with Crippen LogP contribution in [0.3, 0.4) is 0 Å². The lowest BCUT2D eigenvalue weighted by Crippen LogP contribution is -2.17. The van der Waals surface area contributed by atoms with Crippen LogP contribution >= 0.6 is 0 Å². The van der Waals surface area contributed by atoms with Crippen molar-refractivity contribution in [2.24, 2.45) is 0 Å². The second kappa shape index (κ2) is 3.59. The van der Waals surface area contributed by atoms with Crippen LogP contribution in [0.15, 0.2) is 47.5 Å². The van der Waals surface area contributed by atoms with Gasteiger partial charge < -0.3 is 4.98 Å². The fourth-order valence-corrected chi connectivity index (χ4v) is 1.95. The minimum Gasteiger partial charge on any atom is -0.324 e. The summed E-state index contributed by atoms with van der Waals surface area (Å²) in [4.78, 5) is 19.4. The van der Waals surface area contributed by atoms with Gasteiger partial charge in [0.05, 0.1) is 5.69 Å². The Morgan fingerprint density at radius 1 is 1.24 bits per heavy atom. The van der Waals surface area contributed by atoms with Gasteiger partial charge in [0, 0.05) is 18.0 Å². The van der Waals surface area contributed by atoms with Crippen LogP contribution in [0.4, 0.5) is 0 Å². The Morgan fingerprint density at radius 3 is 2.76 bits per heavy atom. The molecule has 0 aliphatic heterocycles. The molecule has 0 unspecified atom stereocenters. The normalized spacial score (nSPS) is 10.9. The zero-order valence-electron chi connectivity index (χ0n) is 9.34. The lowest BCUT2D eigenvalue weighted by Gasteiger charge is -2.06. The molecule has 4 nitrogen and oxygen atoms in total. The summed E-state index contributed by atoms with van der Waals surface area (Å²) in [6, 6.07) is 9.78. The number of H-pyrrole nitrogens is 1. The molecule has 0 bridgehead atoms. The largest absolute Gasteiger partial charge is 0.324 e. The highest BCUT2D eigenvalue weighted by atomic mass is 16.1. The molecule has 2 aromatic heterocycles. The third-order valence-electron chi connectivity index (χ3n) is 2.85. The fourth-order valence-electron chi connectivity index (χ4n) is 1.95. The lowest BCUT2D eigenvalue weighted by molar-refractivity contribution is 1.03. The van der Waals surface area contributed by atoms with Gasteiger partial charge >= 0.3 is 0 Å². The Morgan fingerprint density at radius 2 is 2.00 bits per heavy atom. The van der Waals surface area contributed by atoms with Crippen molar-refractivity contribution in [3.05, 3.63) is 58.6 Å². The van der Waals surface area contributed by atoms with Crippen LogP contribution in [-0.2, 0) is 0 Å². The van der Waals surface area contributed by atoms with Crippen molar-refractivity contribution in [3.63, 3.8) is 0 Å². The Hall–Kier alpha value is -2.36. The lowest BCUT2D eigenvalue weighted by atomic mass is 10.1. The number of hydrogen-bond donors (Lipinski definition) is 1. The molecule has 1 aromatic carbocycles. The van der Waals surface area contributed by atoms with Crippen molar-refractivity contribution >= 4 is 5.78 Å². The summed E-state index contributed by atoms with van der Waals surface area (Å²) in [6.07, 6.45) is 3.28. The maximum atomic E-state index is 12.1. The molecule has 17 heavy (non-hydrogen) atoms. The number of nitrogens with one attached hydrogen (secondary N) is 1. The van der Waals surface area contributed by atoms with Gasteiger partial charge in [0.2, 0.25) is 5.78 Å². The highest BCUT2D eigenvalue weighted by Gasteiger charge is 2.09. The van der Waals surface area contributed by atoms with Crippen molar-refractivity contribution in [2.75, 3.05) is 0 Å². The summed E-state index contributed by atoms with van der Waals surface area (Å²) in [5.41, 5.74) is 2.48. The first-order chi connectivity index (χ1) is 8.27. The van der Waals surface area contributed by atoms with E-state index in [4.69, 9.17) is 0 Å². The predicted octanol–water partition coefficient (Wildman–Crippen LogP) is 2.00. The number of nitrogens with zero attached hydrogens (tertiary/aromatic N) is 2. The van der Waals surface area contributed by atoms with Gasteiger partial charge in [-0.05, 0) is 12.5 Å². The van der Waals surface area contributed by atoms with E-state index in [9.17, 15) is 4.79 Å². The molecule has 0 fully saturated rings. The first-order valence-corrected chi connectivity index (χ1v) is 5.39. The maximum absolute atomic E-state index is 12.1. The SMILES string of the molecule is Cc1c(-c2ccccc2)[nH]c2nccn2c1=O. The molecule has 3 rings (SSSR count). The fraction of sp³-hybridized carbons (Fsp3) is 0.0769. The number of benzene rings is 1. The molecular formula is C13H11N3O.